The van der Waals surface area contributed by atoms with Crippen LogP contribution in [0.2, 0.25) is 5.02 Å². The van der Waals surface area contributed by atoms with Crippen LogP contribution >= 0.6 is 11.6 Å². The fourth-order valence-corrected chi connectivity index (χ4v) is 1.78. The summed E-state index contributed by atoms with van der Waals surface area (Å²) in [4.78, 5) is 11.9. The maximum Gasteiger partial charge on any atom is 0.251 e. The largest absolute Gasteiger partial charge is 0.350 e. The molecule has 0 spiro atoms. The topological polar surface area (TPSA) is 63.2 Å². The lowest BCUT2D eigenvalue weighted by Crippen LogP contribution is -2.43. The van der Waals surface area contributed by atoms with Crippen molar-refractivity contribution in [3.63, 3.8) is 0 Å². The zero-order valence-corrected chi connectivity index (χ0v) is 13.0. The molecule has 19 heavy (non-hydrogen) atoms. The third-order valence-electron chi connectivity index (χ3n) is 3.11. The lowest BCUT2D eigenvalue weighted by molar-refractivity contribution is 0.0950. The van der Waals surface area contributed by atoms with E-state index in [1.807, 2.05) is 6.92 Å². The van der Waals surface area contributed by atoms with Crippen LogP contribution in [0.15, 0.2) is 18.2 Å². The van der Waals surface area contributed by atoms with Crippen LogP contribution < -0.4 is 5.32 Å². The van der Waals surface area contributed by atoms with Gasteiger partial charge in [-0.3, -0.25) is 4.79 Å². The highest BCUT2D eigenvalue weighted by molar-refractivity contribution is 7.92. The second kappa shape index (κ2) is 5.51. The molecule has 0 saturated carbocycles. The van der Waals surface area contributed by atoms with Crippen molar-refractivity contribution in [2.75, 3.05) is 12.8 Å². The van der Waals surface area contributed by atoms with Gasteiger partial charge in [0, 0.05) is 23.4 Å². The Morgan fingerprint density at radius 3 is 2.42 bits per heavy atom. The normalized spacial score (nSPS) is 12.3. The van der Waals surface area contributed by atoms with E-state index < -0.39 is 14.6 Å². The van der Waals surface area contributed by atoms with Crippen molar-refractivity contribution < 1.29 is 13.2 Å². The van der Waals surface area contributed by atoms with Gasteiger partial charge in [-0.15, -0.1) is 0 Å². The summed E-state index contributed by atoms with van der Waals surface area (Å²) < 4.78 is 22.1. The molecule has 1 rings (SSSR count). The Kier molecular flexibility index (Phi) is 4.63. The van der Waals surface area contributed by atoms with Crippen molar-refractivity contribution >= 4 is 27.3 Å². The molecule has 0 aliphatic rings. The van der Waals surface area contributed by atoms with Crippen molar-refractivity contribution in [3.05, 3.63) is 34.3 Å². The van der Waals surface area contributed by atoms with Gasteiger partial charge in [0.1, 0.15) is 0 Å². The van der Waals surface area contributed by atoms with E-state index in [9.17, 15) is 13.2 Å². The Bertz CT molecular complexity index is 594. The van der Waals surface area contributed by atoms with Crippen molar-refractivity contribution in [2.24, 2.45) is 0 Å². The van der Waals surface area contributed by atoms with Gasteiger partial charge in [0.25, 0.3) is 5.91 Å². The van der Waals surface area contributed by atoms with Crippen LogP contribution in [0.4, 0.5) is 0 Å². The molecular formula is C13H18ClNO3S. The summed E-state index contributed by atoms with van der Waals surface area (Å²) in [6.45, 7) is 5.04. The maximum atomic E-state index is 11.9. The average Bonchev–Trinajstić information content (AvgIpc) is 2.28. The molecule has 0 fully saturated rings. The quantitative estimate of drug-likeness (QED) is 0.927. The highest BCUT2D eigenvalue weighted by Crippen LogP contribution is 2.17. The molecule has 0 unspecified atom stereocenters. The Morgan fingerprint density at radius 1 is 1.37 bits per heavy atom. The number of benzene rings is 1. The zero-order valence-electron chi connectivity index (χ0n) is 11.5. The van der Waals surface area contributed by atoms with E-state index in [0.29, 0.717) is 10.6 Å². The van der Waals surface area contributed by atoms with Gasteiger partial charge in [0.05, 0.1) is 4.75 Å². The van der Waals surface area contributed by atoms with Gasteiger partial charge in [0.15, 0.2) is 9.84 Å². The van der Waals surface area contributed by atoms with Crippen molar-refractivity contribution in [1.82, 2.24) is 5.32 Å². The van der Waals surface area contributed by atoms with Gasteiger partial charge < -0.3 is 5.32 Å². The molecule has 0 aliphatic carbocycles. The van der Waals surface area contributed by atoms with Gasteiger partial charge in [-0.2, -0.15) is 0 Å². The van der Waals surface area contributed by atoms with E-state index >= 15 is 0 Å². The molecular weight excluding hydrogens is 286 g/mol. The van der Waals surface area contributed by atoms with Gasteiger partial charge in [-0.05, 0) is 38.5 Å². The molecule has 0 saturated heterocycles. The first-order valence-corrected chi connectivity index (χ1v) is 8.05. The summed E-state index contributed by atoms with van der Waals surface area (Å²) in [7, 11) is -3.24. The molecule has 0 radical (unpaired) electrons. The van der Waals surface area contributed by atoms with E-state index in [4.69, 9.17) is 11.6 Å². The molecule has 106 valence electrons. The number of hydrogen-bond acceptors (Lipinski definition) is 3. The third kappa shape index (κ3) is 3.94. The molecule has 0 aliphatic heterocycles. The number of aryl methyl sites for hydroxylation is 1. The summed E-state index contributed by atoms with van der Waals surface area (Å²) >= 11 is 5.94. The van der Waals surface area contributed by atoms with Gasteiger partial charge in [0.2, 0.25) is 0 Å². The molecule has 1 N–H and O–H groups in total. The molecule has 1 amide bonds. The van der Waals surface area contributed by atoms with E-state index in [2.05, 4.69) is 5.32 Å². The number of nitrogens with one attached hydrogen (secondary N) is 1. The number of sulfone groups is 1. The molecule has 1 aromatic carbocycles. The number of amides is 1. The summed E-state index contributed by atoms with van der Waals surface area (Å²) in [5.74, 6) is -0.335. The van der Waals surface area contributed by atoms with E-state index in [1.165, 1.54) is 0 Å². The molecule has 6 heteroatoms. The smallest absolute Gasteiger partial charge is 0.251 e. The first-order chi connectivity index (χ1) is 8.54. The van der Waals surface area contributed by atoms with E-state index in [-0.39, 0.29) is 12.5 Å². The Hall–Kier alpha value is -1.07. The van der Waals surface area contributed by atoms with Crippen LogP contribution in [-0.4, -0.2) is 31.9 Å². The highest BCUT2D eigenvalue weighted by atomic mass is 35.5. The minimum absolute atomic E-state index is 0.0517. The summed E-state index contributed by atoms with van der Waals surface area (Å²) in [6.07, 6.45) is 1.15. The van der Waals surface area contributed by atoms with E-state index in [1.54, 1.807) is 32.0 Å². The monoisotopic (exact) mass is 303 g/mol. The Labute approximate surface area is 119 Å². The van der Waals surface area contributed by atoms with Gasteiger partial charge in [-0.25, -0.2) is 8.42 Å². The Balaban J connectivity index is 2.79. The molecule has 1 aromatic rings. The number of rotatable bonds is 4. The van der Waals surface area contributed by atoms with Crippen LogP contribution in [0.1, 0.15) is 29.8 Å². The molecule has 0 atom stereocenters. The minimum Gasteiger partial charge on any atom is -0.350 e. The van der Waals surface area contributed by atoms with E-state index in [0.717, 1.165) is 11.8 Å². The summed E-state index contributed by atoms with van der Waals surface area (Å²) in [5, 5.41) is 3.12. The SMILES string of the molecule is Cc1ccc(C(=O)NCC(C)(C)S(C)(=O)=O)cc1Cl. The number of carbonyl (C=O) groups is 1. The third-order valence-corrected chi connectivity index (χ3v) is 5.67. The molecule has 4 nitrogen and oxygen atoms in total. The zero-order chi connectivity index (χ0) is 14.8. The van der Waals surface area contributed by atoms with Crippen LogP contribution in [0.5, 0.6) is 0 Å². The lowest BCUT2D eigenvalue weighted by Gasteiger charge is -2.22. The highest BCUT2D eigenvalue weighted by Gasteiger charge is 2.30. The van der Waals surface area contributed by atoms with Crippen LogP contribution in [-0.2, 0) is 9.84 Å². The molecule has 0 aromatic heterocycles. The number of hydrogen-bond donors (Lipinski definition) is 1. The first kappa shape index (κ1) is 16.0. The van der Waals surface area contributed by atoms with Crippen molar-refractivity contribution in [3.8, 4) is 0 Å². The number of halogens is 1. The fraction of sp³-hybridized carbons (Fsp3) is 0.462. The predicted molar refractivity (Wildman–Crippen MR) is 77.4 cm³/mol. The fourth-order valence-electron chi connectivity index (χ4n) is 1.26. The molecule has 0 bridgehead atoms. The standard InChI is InChI=1S/C13H18ClNO3S/c1-9-5-6-10(7-11(9)14)12(16)15-8-13(2,3)19(4,17)18/h5-7H,8H2,1-4H3,(H,15,16). The summed E-state index contributed by atoms with van der Waals surface area (Å²) in [5.41, 5.74) is 1.30. The van der Waals surface area contributed by atoms with Crippen LogP contribution in [0, 0.1) is 6.92 Å². The predicted octanol–water partition coefficient (Wildman–Crippen LogP) is 2.20. The lowest BCUT2D eigenvalue weighted by atomic mass is 10.1. The average molecular weight is 304 g/mol. The summed E-state index contributed by atoms with van der Waals surface area (Å²) in [6, 6.07) is 4.97. The van der Waals surface area contributed by atoms with Crippen LogP contribution in [0.25, 0.3) is 0 Å². The second-order valence-corrected chi connectivity index (χ2v) is 8.24. The minimum atomic E-state index is -3.24. The van der Waals surface area contributed by atoms with Gasteiger partial charge >= 0.3 is 0 Å². The van der Waals surface area contributed by atoms with Crippen LogP contribution in [0.3, 0.4) is 0 Å². The van der Waals surface area contributed by atoms with Gasteiger partial charge in [-0.1, -0.05) is 17.7 Å². The molecule has 0 heterocycles. The maximum absolute atomic E-state index is 11.9. The Morgan fingerprint density at radius 2 is 1.95 bits per heavy atom. The van der Waals surface area contributed by atoms with Crippen molar-refractivity contribution in [2.45, 2.75) is 25.5 Å². The van der Waals surface area contributed by atoms with Crippen molar-refractivity contribution in [1.29, 1.82) is 0 Å². The second-order valence-electron chi connectivity index (χ2n) is 5.18. The first-order valence-electron chi connectivity index (χ1n) is 5.78. The number of carbonyl (C=O) groups excluding carboxylic acids is 1.